The Kier molecular flexibility index (Phi) is 9.93. The summed E-state index contributed by atoms with van der Waals surface area (Å²) < 4.78 is 12.6. The van der Waals surface area contributed by atoms with E-state index in [0.29, 0.717) is 11.8 Å². The highest BCUT2D eigenvalue weighted by molar-refractivity contribution is 6.99. The van der Waals surface area contributed by atoms with Crippen molar-refractivity contribution in [3.05, 3.63) is 84.5 Å². The van der Waals surface area contributed by atoms with Crippen molar-refractivity contribution in [2.24, 2.45) is 11.8 Å². The molecule has 0 unspecified atom stereocenters. The lowest BCUT2D eigenvalue weighted by atomic mass is 9.92. The number of aliphatic hydroxyl groups excluding tert-OH is 1. The van der Waals surface area contributed by atoms with Crippen LogP contribution < -0.4 is 10.4 Å². The van der Waals surface area contributed by atoms with Crippen LogP contribution in [-0.2, 0) is 9.16 Å². The van der Waals surface area contributed by atoms with E-state index in [1.165, 1.54) is 21.5 Å². The summed E-state index contributed by atoms with van der Waals surface area (Å²) >= 11 is 0. The minimum atomic E-state index is -2.49. The van der Waals surface area contributed by atoms with Crippen molar-refractivity contribution < 1.29 is 14.3 Å². The molecule has 0 amide bonds. The maximum atomic E-state index is 9.19. The van der Waals surface area contributed by atoms with Gasteiger partial charge in [-0.25, -0.2) is 0 Å². The van der Waals surface area contributed by atoms with Crippen LogP contribution in [0.25, 0.3) is 0 Å². The van der Waals surface area contributed by atoms with Crippen LogP contribution in [0.1, 0.15) is 60.8 Å². The number of benzene rings is 2. The molecule has 196 valence electrons. The zero-order valence-corrected chi connectivity index (χ0v) is 24.2. The minimum absolute atomic E-state index is 0.00540. The van der Waals surface area contributed by atoms with E-state index in [1.54, 1.807) is 0 Å². The summed E-state index contributed by atoms with van der Waals surface area (Å²) in [5.41, 5.74) is 2.52. The van der Waals surface area contributed by atoms with E-state index in [2.05, 4.69) is 115 Å². The van der Waals surface area contributed by atoms with Crippen molar-refractivity contribution in [3.63, 3.8) is 0 Å². The molecule has 1 saturated heterocycles. The Bertz CT molecular complexity index is 954. The molecule has 1 aliphatic rings. The van der Waals surface area contributed by atoms with Crippen LogP contribution in [-0.4, -0.2) is 38.8 Å². The van der Waals surface area contributed by atoms with Crippen LogP contribution >= 0.6 is 0 Å². The van der Waals surface area contributed by atoms with Crippen LogP contribution in [0.5, 0.6) is 0 Å². The van der Waals surface area contributed by atoms with Crippen LogP contribution in [0.15, 0.2) is 84.5 Å². The highest BCUT2D eigenvalue weighted by Gasteiger charge is 2.50. The van der Waals surface area contributed by atoms with E-state index in [0.717, 1.165) is 25.9 Å². The Morgan fingerprint density at radius 3 is 2.06 bits per heavy atom. The monoisotopic (exact) mass is 506 g/mol. The zero-order valence-electron chi connectivity index (χ0n) is 23.2. The van der Waals surface area contributed by atoms with Crippen molar-refractivity contribution >= 4 is 18.7 Å². The number of ether oxygens (including phenoxy) is 1. The van der Waals surface area contributed by atoms with Gasteiger partial charge in [0.05, 0.1) is 12.7 Å². The number of rotatable bonds is 13. The van der Waals surface area contributed by atoms with Gasteiger partial charge in [0, 0.05) is 6.61 Å². The summed E-state index contributed by atoms with van der Waals surface area (Å²) in [5.74, 6) is 0.915. The van der Waals surface area contributed by atoms with Gasteiger partial charge in [-0.3, -0.25) is 0 Å². The van der Waals surface area contributed by atoms with Gasteiger partial charge in [-0.2, -0.15) is 0 Å². The molecule has 3 nitrogen and oxygen atoms in total. The Labute approximate surface area is 220 Å². The second kappa shape index (κ2) is 12.5. The first-order chi connectivity index (χ1) is 17.1. The van der Waals surface area contributed by atoms with Gasteiger partial charge in [-0.15, -0.1) is 0 Å². The first-order valence-electron chi connectivity index (χ1n) is 13.5. The summed E-state index contributed by atoms with van der Waals surface area (Å²) in [5, 5.41) is 11.8. The van der Waals surface area contributed by atoms with Gasteiger partial charge in [0.15, 0.2) is 0 Å². The topological polar surface area (TPSA) is 42.0 Å². The van der Waals surface area contributed by atoms with Crippen molar-refractivity contribution in [3.8, 4) is 0 Å². The summed E-state index contributed by atoms with van der Waals surface area (Å²) in [4.78, 5) is 0. The molecule has 1 N–H and O–H groups in total. The lowest BCUT2D eigenvalue weighted by Gasteiger charge is -2.43. The first-order valence-corrected chi connectivity index (χ1v) is 15.4. The van der Waals surface area contributed by atoms with Gasteiger partial charge >= 0.3 is 0 Å². The Hall–Kier alpha value is -1.98. The van der Waals surface area contributed by atoms with E-state index in [9.17, 15) is 5.11 Å². The molecule has 1 heterocycles. The fraction of sp³-hybridized carbons (Fsp3) is 0.500. The third-order valence-corrected chi connectivity index (χ3v) is 12.7. The molecule has 0 spiro atoms. The third-order valence-electron chi connectivity index (χ3n) is 7.61. The van der Waals surface area contributed by atoms with Gasteiger partial charge in [-0.1, -0.05) is 119 Å². The molecule has 0 aliphatic carbocycles. The van der Waals surface area contributed by atoms with Crippen molar-refractivity contribution in [1.82, 2.24) is 0 Å². The second-order valence-corrected chi connectivity index (χ2v) is 16.0. The maximum absolute atomic E-state index is 9.19. The second-order valence-electron chi connectivity index (χ2n) is 11.7. The number of hydrogen-bond acceptors (Lipinski definition) is 3. The molecule has 3 rings (SSSR count). The van der Waals surface area contributed by atoms with Crippen molar-refractivity contribution in [2.75, 3.05) is 13.2 Å². The first kappa shape index (κ1) is 28.6. The molecular formula is C32H46O3Si. The Balaban J connectivity index is 1.66. The molecule has 2 aromatic carbocycles. The normalized spacial score (nSPS) is 20.1. The smallest absolute Gasteiger partial charge is 0.261 e. The molecule has 1 fully saturated rings. The van der Waals surface area contributed by atoms with Crippen LogP contribution in [0, 0.1) is 11.8 Å². The average molecular weight is 507 g/mol. The summed E-state index contributed by atoms with van der Waals surface area (Å²) in [6.45, 7) is 18.9. The molecule has 0 bridgehead atoms. The van der Waals surface area contributed by atoms with E-state index in [4.69, 9.17) is 9.16 Å². The fourth-order valence-electron chi connectivity index (χ4n) is 5.38. The minimum Gasteiger partial charge on any atom is -0.407 e. The quantitative estimate of drug-likeness (QED) is 0.198. The lowest BCUT2D eigenvalue weighted by Crippen LogP contribution is -2.66. The highest BCUT2D eigenvalue weighted by atomic mass is 28.4. The number of epoxide rings is 1. The van der Waals surface area contributed by atoms with E-state index in [1.807, 2.05) is 0 Å². The number of hydrogen-bond donors (Lipinski definition) is 1. The van der Waals surface area contributed by atoms with Gasteiger partial charge in [0.25, 0.3) is 8.32 Å². The summed E-state index contributed by atoms with van der Waals surface area (Å²) in [6, 6.07) is 21.7. The van der Waals surface area contributed by atoms with Crippen molar-refractivity contribution in [2.45, 2.75) is 78.1 Å². The standard InChI is InChI=1S/C32H46O3Si/c1-24(20-25(2)22-30-31(23-33)35-30)21-27(4)26(3)18-19-34-36(32(5,6)7,28-14-10-8-11-15-28)29-16-12-9-13-17-29/h8-17,21,25-26,30-31,33H,1,18-20,22-23H2,2-7H3/b27-21+/t25-,26+,30+,31+/m1/s1. The van der Waals surface area contributed by atoms with E-state index >= 15 is 0 Å². The van der Waals surface area contributed by atoms with Gasteiger partial charge < -0.3 is 14.3 Å². The van der Waals surface area contributed by atoms with Crippen molar-refractivity contribution in [1.29, 1.82) is 0 Å². The molecule has 4 atom stereocenters. The average Bonchev–Trinajstić information content (AvgIpc) is 3.59. The Morgan fingerprint density at radius 2 is 1.58 bits per heavy atom. The third kappa shape index (κ3) is 7.07. The number of allylic oxidation sites excluding steroid dienone is 3. The molecule has 1 aliphatic heterocycles. The summed E-state index contributed by atoms with van der Waals surface area (Å²) in [6.07, 6.45) is 5.46. The number of aliphatic hydroxyl groups is 1. The highest BCUT2D eigenvalue weighted by Crippen LogP contribution is 2.37. The molecular weight excluding hydrogens is 460 g/mol. The van der Waals surface area contributed by atoms with E-state index < -0.39 is 8.32 Å². The molecule has 0 saturated carbocycles. The predicted octanol–water partition coefficient (Wildman–Crippen LogP) is 6.27. The summed E-state index contributed by atoms with van der Waals surface area (Å²) in [7, 11) is -2.49. The fourth-order valence-corrected chi connectivity index (χ4v) is 9.96. The molecule has 36 heavy (non-hydrogen) atoms. The molecule has 0 radical (unpaired) electrons. The zero-order chi connectivity index (χ0) is 26.3. The predicted molar refractivity (Wildman–Crippen MR) is 154 cm³/mol. The largest absolute Gasteiger partial charge is 0.407 e. The van der Waals surface area contributed by atoms with Gasteiger partial charge in [-0.05, 0) is 53.4 Å². The molecule has 4 heteroatoms. The van der Waals surface area contributed by atoms with E-state index in [-0.39, 0.29) is 23.9 Å². The molecule has 2 aromatic rings. The van der Waals surface area contributed by atoms with Crippen LogP contribution in [0.3, 0.4) is 0 Å². The lowest BCUT2D eigenvalue weighted by molar-refractivity contribution is 0.241. The maximum Gasteiger partial charge on any atom is 0.261 e. The Morgan fingerprint density at radius 1 is 1.03 bits per heavy atom. The molecule has 0 aromatic heterocycles. The van der Waals surface area contributed by atoms with Crippen LogP contribution in [0.4, 0.5) is 0 Å². The van der Waals surface area contributed by atoms with Gasteiger partial charge in [0.2, 0.25) is 0 Å². The van der Waals surface area contributed by atoms with Gasteiger partial charge in [0.1, 0.15) is 6.10 Å². The van der Waals surface area contributed by atoms with Crippen LogP contribution in [0.2, 0.25) is 5.04 Å². The SMILES string of the molecule is C=C(/C=C(\C)[C@@H](C)CCO[Si](c1ccccc1)(c1ccccc1)C(C)(C)C)C[C@@H](C)C[C@@H]1O[C@H]1CO.